The lowest BCUT2D eigenvalue weighted by Gasteiger charge is -2.57. The third kappa shape index (κ3) is 4.06. The smallest absolute Gasteiger partial charge is 0.279 e. The van der Waals surface area contributed by atoms with Crippen LogP contribution in [-0.2, 0) is 0 Å². The molecule has 2 aliphatic rings. The Balaban J connectivity index is 1.49. The number of alkyl halides is 2. The van der Waals surface area contributed by atoms with Gasteiger partial charge in [0.2, 0.25) is 0 Å². The van der Waals surface area contributed by atoms with Crippen LogP contribution in [0.4, 0.5) is 14.5 Å². The first-order valence-corrected chi connectivity index (χ1v) is 10.8. The van der Waals surface area contributed by atoms with E-state index in [1.807, 2.05) is 18.1 Å². The molecule has 2 fully saturated rings. The predicted molar refractivity (Wildman–Crippen MR) is 114 cm³/mol. The molecule has 6 nitrogen and oxygen atoms in total. The van der Waals surface area contributed by atoms with Crippen molar-refractivity contribution in [1.29, 1.82) is 5.41 Å². The van der Waals surface area contributed by atoms with Gasteiger partial charge in [0.25, 0.3) is 6.43 Å². The van der Waals surface area contributed by atoms with Gasteiger partial charge in [-0.3, -0.25) is 14.7 Å². The molecule has 2 N–H and O–H groups in total. The van der Waals surface area contributed by atoms with E-state index in [2.05, 4.69) is 36.5 Å². The number of nitrogens with zero attached hydrogens (tertiary/aromatic N) is 4. The number of hydrogen-bond donors (Lipinski definition) is 2. The predicted octanol–water partition coefficient (Wildman–Crippen LogP) is 4.09. The Kier molecular flexibility index (Phi) is 5.69. The molecule has 0 atom stereocenters. The first-order valence-electron chi connectivity index (χ1n) is 9.62. The highest BCUT2D eigenvalue weighted by molar-refractivity contribution is 7.96. The van der Waals surface area contributed by atoms with Gasteiger partial charge in [-0.1, -0.05) is 11.9 Å². The molecular formula is C20H24F2N6S. The maximum absolute atomic E-state index is 12.4. The summed E-state index contributed by atoms with van der Waals surface area (Å²) in [7, 11) is 0. The Morgan fingerprint density at radius 1 is 1.24 bits per heavy atom. The molecule has 0 radical (unpaired) electrons. The van der Waals surface area contributed by atoms with Crippen LogP contribution in [0.5, 0.6) is 0 Å². The third-order valence-corrected chi connectivity index (χ3v) is 6.76. The fraction of sp³-hybridized carbons (Fsp3) is 0.450. The average molecular weight is 419 g/mol. The van der Waals surface area contributed by atoms with Crippen molar-refractivity contribution in [2.75, 3.05) is 30.8 Å². The highest BCUT2D eigenvalue weighted by Crippen LogP contribution is 2.44. The minimum absolute atomic E-state index is 0.240. The fourth-order valence-electron chi connectivity index (χ4n) is 4.08. The lowest BCUT2D eigenvalue weighted by atomic mass is 9.76. The summed E-state index contributed by atoms with van der Waals surface area (Å²) in [6.07, 6.45) is 10.7. The van der Waals surface area contributed by atoms with Crippen LogP contribution in [0, 0.1) is 5.41 Å². The van der Waals surface area contributed by atoms with Crippen LogP contribution in [-0.4, -0.2) is 62.8 Å². The molecule has 4 heterocycles. The SMILES string of the molecule is CSN1CCC2(CC1)CCN2c1cncc(-c2cnc(/C=C\C(=N)C(F)F)[nH]2)c1. The molecule has 0 amide bonds. The Morgan fingerprint density at radius 2 is 2.00 bits per heavy atom. The van der Waals surface area contributed by atoms with E-state index in [9.17, 15) is 8.78 Å². The molecule has 1 spiro atoms. The van der Waals surface area contributed by atoms with E-state index in [1.165, 1.54) is 12.5 Å². The fourth-order valence-corrected chi connectivity index (χ4v) is 4.63. The molecule has 2 aromatic heterocycles. The van der Waals surface area contributed by atoms with E-state index in [-0.39, 0.29) is 5.54 Å². The van der Waals surface area contributed by atoms with E-state index in [0.29, 0.717) is 5.82 Å². The molecular weight excluding hydrogens is 394 g/mol. The van der Waals surface area contributed by atoms with Gasteiger partial charge >= 0.3 is 0 Å². The van der Waals surface area contributed by atoms with Crippen molar-refractivity contribution in [1.82, 2.24) is 19.3 Å². The lowest BCUT2D eigenvalue weighted by Crippen LogP contribution is -2.64. The molecule has 2 saturated heterocycles. The van der Waals surface area contributed by atoms with Crippen molar-refractivity contribution in [2.45, 2.75) is 31.2 Å². The summed E-state index contributed by atoms with van der Waals surface area (Å²) >= 11 is 1.82. The van der Waals surface area contributed by atoms with Crippen molar-refractivity contribution in [3.05, 3.63) is 36.6 Å². The number of hydrogen-bond acceptors (Lipinski definition) is 6. The van der Waals surface area contributed by atoms with E-state index in [1.54, 1.807) is 12.4 Å². The molecule has 0 aromatic carbocycles. The Hall–Kier alpha value is -2.26. The molecule has 0 saturated carbocycles. The Bertz CT molecular complexity index is 904. The summed E-state index contributed by atoms with van der Waals surface area (Å²) < 4.78 is 27.3. The number of nitrogens with one attached hydrogen (secondary N) is 2. The molecule has 0 unspecified atom stereocenters. The second-order valence-corrected chi connectivity index (χ2v) is 8.32. The quantitative estimate of drug-likeness (QED) is 0.546. The number of H-pyrrole nitrogens is 1. The monoisotopic (exact) mass is 418 g/mol. The van der Waals surface area contributed by atoms with Crippen LogP contribution < -0.4 is 4.90 Å². The number of allylic oxidation sites excluding steroid dienone is 1. The van der Waals surface area contributed by atoms with Crippen LogP contribution in [0.3, 0.4) is 0 Å². The molecule has 2 aromatic rings. The zero-order chi connectivity index (χ0) is 20.4. The molecule has 29 heavy (non-hydrogen) atoms. The summed E-state index contributed by atoms with van der Waals surface area (Å²) in [5.41, 5.74) is 2.29. The number of piperidine rings is 1. The number of rotatable bonds is 6. The van der Waals surface area contributed by atoms with E-state index < -0.39 is 12.1 Å². The van der Waals surface area contributed by atoms with E-state index >= 15 is 0 Å². The number of aromatic amines is 1. The van der Waals surface area contributed by atoms with Crippen molar-refractivity contribution in [2.24, 2.45) is 0 Å². The maximum Gasteiger partial charge on any atom is 0.279 e. The second-order valence-electron chi connectivity index (χ2n) is 7.44. The van der Waals surface area contributed by atoms with Crippen LogP contribution in [0.1, 0.15) is 25.1 Å². The third-order valence-electron chi connectivity index (χ3n) is 5.88. The maximum atomic E-state index is 12.4. The van der Waals surface area contributed by atoms with Crippen LogP contribution in [0.2, 0.25) is 0 Å². The van der Waals surface area contributed by atoms with Crippen LogP contribution >= 0.6 is 11.9 Å². The standard InChI is InChI=1S/C20H24F2N6S/c1-29-27-7-4-20(5-8-27)6-9-28(20)15-10-14(11-24-12-15)17-13-25-18(26-17)3-2-16(23)19(21)22/h2-3,10-13,19,23H,4-9H2,1H3,(H,25,26)/b3-2-,23-16?. The first kappa shape index (κ1) is 20.0. The second kappa shape index (κ2) is 8.23. The van der Waals surface area contributed by atoms with E-state index in [0.717, 1.165) is 55.5 Å². The minimum Gasteiger partial charge on any atom is -0.364 e. The van der Waals surface area contributed by atoms with Crippen molar-refractivity contribution >= 4 is 29.4 Å². The number of pyridine rings is 1. The van der Waals surface area contributed by atoms with Gasteiger partial charge in [-0.15, -0.1) is 0 Å². The summed E-state index contributed by atoms with van der Waals surface area (Å²) in [5, 5.41) is 7.19. The molecule has 9 heteroatoms. The number of halogens is 2. The summed E-state index contributed by atoms with van der Waals surface area (Å²) in [5.74, 6) is 0.431. The van der Waals surface area contributed by atoms with Gasteiger partial charge in [0.1, 0.15) is 5.82 Å². The van der Waals surface area contributed by atoms with E-state index in [4.69, 9.17) is 5.41 Å². The van der Waals surface area contributed by atoms with Gasteiger partial charge in [-0.05, 0) is 43.7 Å². The molecule has 0 aliphatic carbocycles. The van der Waals surface area contributed by atoms with Crippen molar-refractivity contribution in [3.63, 3.8) is 0 Å². The van der Waals surface area contributed by atoms with Crippen LogP contribution in [0.25, 0.3) is 17.3 Å². The zero-order valence-electron chi connectivity index (χ0n) is 16.2. The van der Waals surface area contributed by atoms with Crippen molar-refractivity contribution in [3.8, 4) is 11.3 Å². The van der Waals surface area contributed by atoms with Gasteiger partial charge in [0.05, 0.1) is 29.5 Å². The Morgan fingerprint density at radius 3 is 2.66 bits per heavy atom. The topological polar surface area (TPSA) is 71.9 Å². The number of aromatic nitrogens is 3. The number of anilines is 1. The van der Waals surface area contributed by atoms with Gasteiger partial charge in [-0.25, -0.2) is 13.8 Å². The minimum atomic E-state index is -2.78. The summed E-state index contributed by atoms with van der Waals surface area (Å²) in [6, 6.07) is 2.11. The molecule has 0 bridgehead atoms. The molecule has 4 rings (SSSR count). The Labute approximate surface area is 173 Å². The normalized spacial score (nSPS) is 19.2. The summed E-state index contributed by atoms with van der Waals surface area (Å²) in [6.45, 7) is 3.25. The zero-order valence-corrected chi connectivity index (χ0v) is 17.1. The first-order chi connectivity index (χ1) is 14.0. The number of imidazole rings is 1. The molecule has 154 valence electrons. The van der Waals surface area contributed by atoms with Gasteiger partial charge < -0.3 is 9.88 Å². The van der Waals surface area contributed by atoms with Gasteiger partial charge in [0, 0.05) is 36.9 Å². The van der Waals surface area contributed by atoms with Gasteiger partial charge in [0.15, 0.2) is 0 Å². The highest BCUT2D eigenvalue weighted by atomic mass is 32.2. The van der Waals surface area contributed by atoms with Gasteiger partial charge in [-0.2, -0.15) is 0 Å². The lowest BCUT2D eigenvalue weighted by molar-refractivity contribution is 0.170. The highest BCUT2D eigenvalue weighted by Gasteiger charge is 2.46. The largest absolute Gasteiger partial charge is 0.364 e. The van der Waals surface area contributed by atoms with Crippen LogP contribution in [0.15, 0.2) is 30.7 Å². The summed E-state index contributed by atoms with van der Waals surface area (Å²) in [4.78, 5) is 14.2. The van der Waals surface area contributed by atoms with Crippen molar-refractivity contribution < 1.29 is 8.78 Å². The molecule has 2 aliphatic heterocycles. The average Bonchev–Trinajstić information content (AvgIpc) is 3.20.